The van der Waals surface area contributed by atoms with E-state index in [-0.39, 0.29) is 11.3 Å². The van der Waals surface area contributed by atoms with E-state index in [9.17, 15) is 9.18 Å². The van der Waals surface area contributed by atoms with Crippen molar-refractivity contribution >= 4 is 11.7 Å². The monoisotopic (exact) mass is 252 g/mol. The molecule has 5 heteroatoms. The van der Waals surface area contributed by atoms with Crippen molar-refractivity contribution in [1.82, 2.24) is 4.90 Å². The molecular formula is C13H17FN2O2. The number of hydrogen-bond acceptors (Lipinski definition) is 3. The molecule has 1 aromatic carbocycles. The Labute approximate surface area is 106 Å². The molecule has 1 fully saturated rings. The Bertz CT molecular complexity index is 462. The highest BCUT2D eigenvalue weighted by atomic mass is 19.1. The van der Waals surface area contributed by atoms with Gasteiger partial charge in [0.25, 0.3) is 0 Å². The molecule has 1 heterocycles. The van der Waals surface area contributed by atoms with Gasteiger partial charge in [0, 0.05) is 19.1 Å². The quantitative estimate of drug-likeness (QED) is 0.888. The minimum atomic E-state index is -1.09. The summed E-state index contributed by atoms with van der Waals surface area (Å²) in [7, 11) is 3.96. The van der Waals surface area contributed by atoms with E-state index in [2.05, 4.69) is 4.90 Å². The van der Waals surface area contributed by atoms with Crippen molar-refractivity contribution in [2.24, 2.45) is 0 Å². The number of carboxylic acid groups (broad SMARTS) is 1. The van der Waals surface area contributed by atoms with Crippen LogP contribution in [-0.2, 0) is 0 Å². The van der Waals surface area contributed by atoms with Crippen LogP contribution in [0.2, 0.25) is 0 Å². The fourth-order valence-corrected chi connectivity index (χ4v) is 2.38. The van der Waals surface area contributed by atoms with Crippen LogP contribution in [0.15, 0.2) is 18.2 Å². The summed E-state index contributed by atoms with van der Waals surface area (Å²) >= 11 is 0. The number of carboxylic acids is 1. The number of carbonyl (C=O) groups is 1. The number of likely N-dealkylation sites (N-methyl/N-ethyl adjacent to an activating group) is 1. The van der Waals surface area contributed by atoms with Gasteiger partial charge in [-0.1, -0.05) is 6.07 Å². The average molecular weight is 252 g/mol. The Morgan fingerprint density at radius 1 is 1.50 bits per heavy atom. The molecule has 0 saturated carbocycles. The smallest absolute Gasteiger partial charge is 0.337 e. The molecule has 0 amide bonds. The molecule has 1 N–H and O–H groups in total. The molecule has 2 rings (SSSR count). The third kappa shape index (κ3) is 2.31. The van der Waals surface area contributed by atoms with Crippen molar-refractivity contribution in [3.8, 4) is 0 Å². The highest BCUT2D eigenvalue weighted by Crippen LogP contribution is 2.28. The van der Waals surface area contributed by atoms with Gasteiger partial charge in [-0.05, 0) is 32.6 Å². The number of para-hydroxylation sites is 1. The highest BCUT2D eigenvalue weighted by Gasteiger charge is 2.28. The van der Waals surface area contributed by atoms with Gasteiger partial charge in [-0.25, -0.2) is 9.18 Å². The summed E-state index contributed by atoms with van der Waals surface area (Å²) in [5, 5.41) is 9.12. The average Bonchev–Trinajstić information content (AvgIpc) is 2.77. The van der Waals surface area contributed by atoms with E-state index in [1.54, 1.807) is 0 Å². The van der Waals surface area contributed by atoms with Gasteiger partial charge in [0.05, 0.1) is 11.3 Å². The predicted octanol–water partition coefficient (Wildman–Crippen LogP) is 1.66. The SMILES string of the molecule is CN(C)C1CCN(c2c(F)cccc2C(=O)O)C1. The van der Waals surface area contributed by atoms with Gasteiger partial charge >= 0.3 is 5.97 Å². The maximum Gasteiger partial charge on any atom is 0.337 e. The molecule has 1 unspecified atom stereocenters. The second-order valence-corrected chi connectivity index (χ2v) is 4.79. The fourth-order valence-electron chi connectivity index (χ4n) is 2.38. The summed E-state index contributed by atoms with van der Waals surface area (Å²) in [6, 6.07) is 4.53. The van der Waals surface area contributed by atoms with E-state index in [0.29, 0.717) is 19.1 Å². The van der Waals surface area contributed by atoms with E-state index in [0.717, 1.165) is 6.42 Å². The summed E-state index contributed by atoms with van der Waals surface area (Å²) in [4.78, 5) is 15.0. The standard InChI is InChI=1S/C13H17FN2O2/c1-15(2)9-6-7-16(8-9)12-10(13(17)18)4-3-5-11(12)14/h3-5,9H,6-8H2,1-2H3,(H,17,18). The maximum absolute atomic E-state index is 13.9. The zero-order valence-corrected chi connectivity index (χ0v) is 10.6. The molecule has 1 aromatic rings. The largest absolute Gasteiger partial charge is 0.478 e. The Morgan fingerprint density at radius 3 is 2.78 bits per heavy atom. The first-order valence-electron chi connectivity index (χ1n) is 5.94. The summed E-state index contributed by atoms with van der Waals surface area (Å²) in [6.45, 7) is 1.35. The van der Waals surface area contributed by atoms with E-state index in [1.807, 2.05) is 19.0 Å². The van der Waals surface area contributed by atoms with E-state index in [1.165, 1.54) is 18.2 Å². The molecule has 0 bridgehead atoms. The van der Waals surface area contributed by atoms with Crippen molar-refractivity contribution in [3.63, 3.8) is 0 Å². The van der Waals surface area contributed by atoms with E-state index < -0.39 is 11.8 Å². The van der Waals surface area contributed by atoms with Crippen molar-refractivity contribution in [3.05, 3.63) is 29.6 Å². The Kier molecular flexibility index (Phi) is 3.52. The first-order chi connectivity index (χ1) is 8.50. The molecule has 0 aromatic heterocycles. The Balaban J connectivity index is 2.32. The molecule has 18 heavy (non-hydrogen) atoms. The lowest BCUT2D eigenvalue weighted by atomic mass is 10.1. The van der Waals surface area contributed by atoms with Gasteiger partial charge in [-0.3, -0.25) is 0 Å². The number of benzene rings is 1. The van der Waals surface area contributed by atoms with Crippen molar-refractivity contribution in [2.45, 2.75) is 12.5 Å². The summed E-state index contributed by atoms with van der Waals surface area (Å²) in [5.41, 5.74) is 0.253. The topological polar surface area (TPSA) is 43.8 Å². The lowest BCUT2D eigenvalue weighted by Gasteiger charge is -2.23. The third-order valence-electron chi connectivity index (χ3n) is 3.43. The lowest BCUT2D eigenvalue weighted by molar-refractivity contribution is 0.0697. The van der Waals surface area contributed by atoms with Crippen LogP contribution in [0.5, 0.6) is 0 Å². The number of anilines is 1. The van der Waals surface area contributed by atoms with Crippen molar-refractivity contribution in [2.75, 3.05) is 32.1 Å². The first-order valence-corrected chi connectivity index (χ1v) is 5.94. The molecular weight excluding hydrogens is 235 g/mol. The normalized spacial score (nSPS) is 19.6. The van der Waals surface area contributed by atoms with E-state index >= 15 is 0 Å². The van der Waals surface area contributed by atoms with Gasteiger partial charge in [0.15, 0.2) is 0 Å². The molecule has 1 saturated heterocycles. The van der Waals surface area contributed by atoms with Crippen LogP contribution in [-0.4, -0.2) is 49.2 Å². The predicted molar refractivity (Wildman–Crippen MR) is 67.7 cm³/mol. The summed E-state index contributed by atoms with van der Waals surface area (Å²) in [6.07, 6.45) is 0.917. The number of rotatable bonds is 3. The number of hydrogen-bond donors (Lipinski definition) is 1. The minimum Gasteiger partial charge on any atom is -0.478 e. The van der Waals surface area contributed by atoms with Crippen LogP contribution in [0.3, 0.4) is 0 Å². The second-order valence-electron chi connectivity index (χ2n) is 4.79. The molecule has 1 atom stereocenters. The molecule has 0 radical (unpaired) electrons. The maximum atomic E-state index is 13.9. The number of halogens is 1. The van der Waals surface area contributed by atoms with Gasteiger partial charge in [-0.2, -0.15) is 0 Å². The molecule has 1 aliphatic heterocycles. The van der Waals surface area contributed by atoms with Crippen molar-refractivity contribution < 1.29 is 14.3 Å². The van der Waals surface area contributed by atoms with Gasteiger partial charge < -0.3 is 14.9 Å². The minimum absolute atomic E-state index is 0.0365. The number of nitrogens with zero attached hydrogens (tertiary/aromatic N) is 2. The van der Waals surface area contributed by atoms with Crippen LogP contribution in [0, 0.1) is 5.82 Å². The van der Waals surface area contributed by atoms with E-state index in [4.69, 9.17) is 5.11 Å². The molecule has 98 valence electrons. The molecule has 4 nitrogen and oxygen atoms in total. The van der Waals surface area contributed by atoms with Crippen LogP contribution < -0.4 is 4.90 Å². The van der Waals surface area contributed by atoms with Gasteiger partial charge in [0.1, 0.15) is 5.82 Å². The zero-order valence-electron chi connectivity index (χ0n) is 10.6. The summed E-state index contributed by atoms with van der Waals surface area (Å²) < 4.78 is 13.9. The van der Waals surface area contributed by atoms with Gasteiger partial charge in [-0.15, -0.1) is 0 Å². The molecule has 0 spiro atoms. The fraction of sp³-hybridized carbons (Fsp3) is 0.462. The van der Waals surface area contributed by atoms with Crippen LogP contribution in [0.4, 0.5) is 10.1 Å². The Hall–Kier alpha value is -1.62. The first kappa shape index (κ1) is 12.8. The van der Waals surface area contributed by atoms with Gasteiger partial charge in [0.2, 0.25) is 0 Å². The van der Waals surface area contributed by atoms with Crippen LogP contribution in [0.25, 0.3) is 0 Å². The van der Waals surface area contributed by atoms with Crippen LogP contribution >= 0.6 is 0 Å². The Morgan fingerprint density at radius 2 is 2.22 bits per heavy atom. The number of aromatic carboxylic acids is 1. The lowest BCUT2D eigenvalue weighted by Crippen LogP contribution is -2.32. The highest BCUT2D eigenvalue weighted by molar-refractivity contribution is 5.94. The van der Waals surface area contributed by atoms with Crippen LogP contribution in [0.1, 0.15) is 16.8 Å². The zero-order chi connectivity index (χ0) is 13.3. The third-order valence-corrected chi connectivity index (χ3v) is 3.43. The summed E-state index contributed by atoms with van der Waals surface area (Å²) in [5.74, 6) is -1.55. The second kappa shape index (κ2) is 4.94. The molecule has 1 aliphatic rings. The molecule has 0 aliphatic carbocycles. The van der Waals surface area contributed by atoms with Crippen molar-refractivity contribution in [1.29, 1.82) is 0 Å².